The third-order valence-corrected chi connectivity index (χ3v) is 0.433. The van der Waals surface area contributed by atoms with E-state index in [2.05, 4.69) is 5.92 Å². The van der Waals surface area contributed by atoms with E-state index in [4.69, 9.17) is 6.42 Å². The van der Waals surface area contributed by atoms with E-state index in [1.54, 1.807) is 0 Å². The van der Waals surface area contributed by atoms with Crippen LogP contribution in [0.25, 0.3) is 0 Å². The van der Waals surface area contributed by atoms with Gasteiger partial charge in [-0.15, -0.1) is 12.3 Å². The SMILES string of the molecule is C#CC(C)(C)C.[Ar]. The molecule has 0 nitrogen and oxygen atoms in total. The van der Waals surface area contributed by atoms with Gasteiger partial charge in [-0.05, 0) is 20.8 Å². The van der Waals surface area contributed by atoms with Crippen LogP contribution in [0.1, 0.15) is 20.8 Å². The molecule has 0 unspecified atom stereocenters. The average molecular weight is 122 g/mol. The normalized spacial score (nSPS) is 8.86. The Morgan fingerprint density at radius 3 is 1.43 bits per heavy atom. The Bertz CT molecular complexity index is 71.2. The summed E-state index contributed by atoms with van der Waals surface area (Å²) >= 11 is 0. The van der Waals surface area contributed by atoms with Gasteiger partial charge in [0.25, 0.3) is 0 Å². The first-order valence-electron chi connectivity index (χ1n) is 2.04. The summed E-state index contributed by atoms with van der Waals surface area (Å²) in [6.07, 6.45) is 5.06. The summed E-state index contributed by atoms with van der Waals surface area (Å²) in [7, 11) is 0. The van der Waals surface area contributed by atoms with Gasteiger partial charge in [0, 0.05) is 43.2 Å². The fraction of sp³-hybridized carbons (Fsp3) is 0.667. The zero-order valence-electron chi connectivity index (χ0n) is 4.93. The maximum atomic E-state index is 5.06. The fourth-order valence-corrected chi connectivity index (χ4v) is 0. The van der Waals surface area contributed by atoms with E-state index < -0.39 is 0 Å². The van der Waals surface area contributed by atoms with Gasteiger partial charge >= 0.3 is 0 Å². The topological polar surface area (TPSA) is 0 Å². The second-order valence-corrected chi connectivity index (χ2v) is 2.39. The molecule has 0 aromatic carbocycles. The molecule has 0 aliphatic heterocycles. The monoisotopic (exact) mass is 122 g/mol. The molecule has 0 saturated carbocycles. The van der Waals surface area contributed by atoms with Crippen LogP contribution < -0.4 is 0 Å². The second kappa shape index (κ2) is 3.78. The quantitative estimate of drug-likeness (QED) is 0.428. The van der Waals surface area contributed by atoms with E-state index >= 15 is 0 Å². The molecule has 7 heavy (non-hydrogen) atoms. The molecule has 0 rings (SSSR count). The summed E-state index contributed by atoms with van der Waals surface area (Å²) in [5, 5.41) is 0. The molecular formula is C6H10Ar. The summed E-state index contributed by atoms with van der Waals surface area (Å²) < 4.78 is 0. The van der Waals surface area contributed by atoms with Crippen molar-refractivity contribution in [2.45, 2.75) is 20.8 Å². The molecule has 0 atom stereocenters. The predicted molar refractivity (Wildman–Crippen MR) is 28.3 cm³/mol. The van der Waals surface area contributed by atoms with Crippen molar-refractivity contribution < 1.29 is 37.7 Å². The van der Waals surface area contributed by atoms with E-state index in [9.17, 15) is 0 Å². The van der Waals surface area contributed by atoms with Crippen LogP contribution >= 0.6 is 0 Å². The van der Waals surface area contributed by atoms with Crippen molar-refractivity contribution in [2.24, 2.45) is 5.41 Å². The largest absolute Gasteiger partial charge is 0.120 e. The summed E-state index contributed by atoms with van der Waals surface area (Å²) in [4.78, 5) is 0. The molecule has 1 heteroatoms. The van der Waals surface area contributed by atoms with Gasteiger partial charge in [0.2, 0.25) is 0 Å². The van der Waals surface area contributed by atoms with Gasteiger partial charge in [-0.3, -0.25) is 0 Å². The molecule has 0 bridgehead atoms. The Morgan fingerprint density at radius 1 is 1.29 bits per heavy atom. The minimum Gasteiger partial charge on any atom is -0.120 e. The molecule has 42 valence electrons. The van der Waals surface area contributed by atoms with Gasteiger partial charge in [0.1, 0.15) is 0 Å². The predicted octanol–water partition coefficient (Wildman–Crippen LogP) is 1.67. The van der Waals surface area contributed by atoms with E-state index in [1.807, 2.05) is 20.8 Å². The maximum Gasteiger partial charge on any atom is 0.0227 e. The minimum absolute atomic E-state index is 0. The van der Waals surface area contributed by atoms with Gasteiger partial charge in [-0.1, -0.05) is 0 Å². The third kappa shape index (κ3) is 10.9. The maximum absolute atomic E-state index is 5.06. The van der Waals surface area contributed by atoms with Crippen LogP contribution in [-0.2, 0) is 0 Å². The van der Waals surface area contributed by atoms with Gasteiger partial charge in [0.15, 0.2) is 0 Å². The van der Waals surface area contributed by atoms with Gasteiger partial charge in [-0.25, -0.2) is 0 Å². The molecule has 0 heterocycles. The Morgan fingerprint density at radius 2 is 1.43 bits per heavy atom. The van der Waals surface area contributed by atoms with Crippen molar-refractivity contribution >= 4 is 0 Å². The number of rotatable bonds is 0. The standard InChI is InChI=1S/C6H10.Ar/c1-5-6(2,3)4;/h1H,2-4H3;. The van der Waals surface area contributed by atoms with E-state index in [1.165, 1.54) is 0 Å². The Kier molecular flexibility index (Phi) is 5.79. The summed E-state index contributed by atoms with van der Waals surface area (Å²) in [5.41, 5.74) is 0.0694. The van der Waals surface area contributed by atoms with Crippen LogP contribution in [0.5, 0.6) is 0 Å². The second-order valence-electron chi connectivity index (χ2n) is 2.39. The van der Waals surface area contributed by atoms with Gasteiger partial charge < -0.3 is 0 Å². The first-order chi connectivity index (χ1) is 2.56. The van der Waals surface area contributed by atoms with E-state index in [-0.39, 0.29) is 43.2 Å². The van der Waals surface area contributed by atoms with Crippen LogP contribution in [0.3, 0.4) is 0 Å². The molecule has 0 aromatic heterocycles. The minimum atomic E-state index is 0. The fourth-order valence-electron chi connectivity index (χ4n) is 0. The van der Waals surface area contributed by atoms with Crippen molar-refractivity contribution in [1.29, 1.82) is 0 Å². The van der Waals surface area contributed by atoms with Crippen molar-refractivity contribution in [2.75, 3.05) is 0 Å². The molecule has 0 fully saturated rings. The Hall–Kier alpha value is 0.820. The van der Waals surface area contributed by atoms with Crippen LogP contribution in [0.15, 0.2) is 0 Å². The van der Waals surface area contributed by atoms with E-state index in [0.29, 0.717) is 0 Å². The molecule has 0 saturated heterocycles. The van der Waals surface area contributed by atoms with E-state index in [0.717, 1.165) is 0 Å². The third-order valence-electron chi connectivity index (χ3n) is 0.433. The average Bonchev–Trinajstić information content (AvgIpc) is 1.35. The Labute approximate surface area is 75.7 Å². The van der Waals surface area contributed by atoms with Crippen LogP contribution in [0.2, 0.25) is 0 Å². The molecule has 0 radical (unpaired) electrons. The zero-order valence-corrected chi connectivity index (χ0v) is 5.64. The Balaban J connectivity index is 0. The van der Waals surface area contributed by atoms with Crippen molar-refractivity contribution in [3.63, 3.8) is 0 Å². The zero-order chi connectivity index (χ0) is 5.21. The first kappa shape index (κ1) is 10.7. The number of hydrogen-bond donors (Lipinski definition) is 0. The van der Waals surface area contributed by atoms with Crippen molar-refractivity contribution in [1.82, 2.24) is 0 Å². The molecule has 0 aliphatic rings. The molecule has 0 spiro atoms. The van der Waals surface area contributed by atoms with Crippen LogP contribution in [0.4, 0.5) is 0 Å². The smallest absolute Gasteiger partial charge is 0.0227 e. The molecule has 0 amide bonds. The van der Waals surface area contributed by atoms with Crippen molar-refractivity contribution in [3.05, 3.63) is 0 Å². The summed E-state index contributed by atoms with van der Waals surface area (Å²) in [6.45, 7) is 6.02. The number of terminal acetylenes is 1. The molecule has 0 aliphatic carbocycles. The van der Waals surface area contributed by atoms with Gasteiger partial charge in [0.05, 0.1) is 0 Å². The molecule has 0 aromatic rings. The molecular weight excluding hydrogens is 112 g/mol. The van der Waals surface area contributed by atoms with Crippen molar-refractivity contribution in [3.8, 4) is 12.3 Å². The summed E-state index contributed by atoms with van der Waals surface area (Å²) in [6, 6.07) is 0. The first-order valence-corrected chi connectivity index (χ1v) is 2.04. The number of hydrogen-bond acceptors (Lipinski definition) is 0. The molecule has 0 N–H and O–H groups in total. The van der Waals surface area contributed by atoms with Gasteiger partial charge in [-0.2, -0.15) is 0 Å². The van der Waals surface area contributed by atoms with Crippen LogP contribution in [0, 0.1) is 55.5 Å². The summed E-state index contributed by atoms with van der Waals surface area (Å²) in [5.74, 6) is 2.60. The van der Waals surface area contributed by atoms with Crippen LogP contribution in [-0.4, -0.2) is 0 Å².